The van der Waals surface area contributed by atoms with Crippen molar-refractivity contribution < 1.29 is 19.4 Å². The number of aromatic nitrogens is 2. The van der Waals surface area contributed by atoms with Crippen LogP contribution in [0.15, 0.2) is 36.7 Å². The summed E-state index contributed by atoms with van der Waals surface area (Å²) >= 11 is 0. The van der Waals surface area contributed by atoms with E-state index in [1.54, 1.807) is 31.2 Å². The molecule has 1 aromatic heterocycles. The van der Waals surface area contributed by atoms with E-state index in [0.717, 1.165) is 0 Å². The number of para-hydroxylation sites is 2. The van der Waals surface area contributed by atoms with E-state index in [0.29, 0.717) is 11.4 Å². The number of hydrogen-bond acceptors (Lipinski definition) is 5. The molecular weight excluding hydrogens is 274 g/mol. The Balaban J connectivity index is 2.13. The molecule has 0 fully saturated rings. The molecule has 0 radical (unpaired) electrons. The van der Waals surface area contributed by atoms with Crippen LogP contribution in [-0.4, -0.2) is 33.6 Å². The Kier molecular flexibility index (Phi) is 4.45. The third-order valence-corrected chi connectivity index (χ3v) is 2.50. The fourth-order valence-electron chi connectivity index (χ4n) is 1.53. The van der Waals surface area contributed by atoms with Crippen molar-refractivity contribution >= 4 is 17.6 Å². The van der Waals surface area contributed by atoms with Crippen LogP contribution in [0, 0.1) is 6.92 Å². The highest BCUT2D eigenvalue weighted by molar-refractivity contribution is 6.03. The molecule has 0 spiro atoms. The van der Waals surface area contributed by atoms with Gasteiger partial charge in [-0.2, -0.15) is 0 Å². The summed E-state index contributed by atoms with van der Waals surface area (Å²) in [6, 6.07) is 6.55. The predicted molar refractivity (Wildman–Crippen MR) is 74.3 cm³/mol. The molecule has 7 nitrogen and oxygen atoms in total. The first-order chi connectivity index (χ1) is 10.1. The van der Waals surface area contributed by atoms with Crippen LogP contribution in [0.4, 0.5) is 5.69 Å². The summed E-state index contributed by atoms with van der Waals surface area (Å²) in [7, 11) is 0. The Hall–Kier alpha value is -2.96. The number of anilines is 1. The minimum Gasteiger partial charge on any atom is -0.480 e. The fourth-order valence-corrected chi connectivity index (χ4v) is 1.53. The lowest BCUT2D eigenvalue weighted by atomic mass is 10.3. The van der Waals surface area contributed by atoms with Crippen molar-refractivity contribution in [1.82, 2.24) is 9.97 Å². The maximum absolute atomic E-state index is 12.0. The van der Waals surface area contributed by atoms with E-state index in [9.17, 15) is 9.59 Å². The average Bonchev–Trinajstić information content (AvgIpc) is 2.47. The number of carbonyl (C=O) groups is 2. The number of ether oxygens (including phenoxy) is 1. The van der Waals surface area contributed by atoms with Crippen LogP contribution in [0.5, 0.6) is 5.75 Å². The number of hydrogen-bond donors (Lipinski definition) is 2. The molecule has 0 saturated heterocycles. The first kappa shape index (κ1) is 14.4. The normalized spacial score (nSPS) is 9.95. The van der Waals surface area contributed by atoms with Crippen LogP contribution < -0.4 is 10.1 Å². The zero-order chi connectivity index (χ0) is 15.2. The van der Waals surface area contributed by atoms with Gasteiger partial charge in [0.25, 0.3) is 5.91 Å². The number of aliphatic carboxylic acids is 1. The molecule has 0 aliphatic carbocycles. The molecule has 1 amide bonds. The third kappa shape index (κ3) is 4.00. The molecule has 0 aliphatic heterocycles. The molecule has 2 N–H and O–H groups in total. The number of aryl methyl sites for hydroxylation is 1. The van der Waals surface area contributed by atoms with Gasteiger partial charge in [-0.05, 0) is 19.1 Å². The molecule has 0 atom stereocenters. The molecule has 0 saturated carbocycles. The second-order valence-corrected chi connectivity index (χ2v) is 4.18. The third-order valence-electron chi connectivity index (χ3n) is 2.50. The molecular formula is C14H13N3O4. The van der Waals surface area contributed by atoms with Gasteiger partial charge in [-0.3, -0.25) is 9.78 Å². The van der Waals surface area contributed by atoms with Gasteiger partial charge in [-0.25, -0.2) is 9.78 Å². The topological polar surface area (TPSA) is 101 Å². The first-order valence-corrected chi connectivity index (χ1v) is 6.10. The van der Waals surface area contributed by atoms with Crippen molar-refractivity contribution in [3.05, 3.63) is 48.0 Å². The molecule has 2 aromatic rings. The van der Waals surface area contributed by atoms with Crippen molar-refractivity contribution in [2.24, 2.45) is 0 Å². The summed E-state index contributed by atoms with van der Waals surface area (Å²) in [5.41, 5.74) is 1.23. The van der Waals surface area contributed by atoms with Gasteiger partial charge in [-0.15, -0.1) is 0 Å². The highest BCUT2D eigenvalue weighted by Gasteiger charge is 2.12. The van der Waals surface area contributed by atoms with Gasteiger partial charge in [-0.1, -0.05) is 12.1 Å². The van der Waals surface area contributed by atoms with Crippen LogP contribution in [0.25, 0.3) is 0 Å². The Morgan fingerprint density at radius 2 is 2.00 bits per heavy atom. The van der Waals surface area contributed by atoms with E-state index in [-0.39, 0.29) is 11.4 Å². The zero-order valence-electron chi connectivity index (χ0n) is 11.2. The lowest BCUT2D eigenvalue weighted by Gasteiger charge is -2.10. The second-order valence-electron chi connectivity index (χ2n) is 4.18. The van der Waals surface area contributed by atoms with Gasteiger partial charge in [0.2, 0.25) is 0 Å². The Bertz CT molecular complexity index is 656. The Morgan fingerprint density at radius 1 is 1.24 bits per heavy atom. The SMILES string of the molecule is Cc1cnc(C(=O)Nc2ccccc2OCC(=O)O)cn1. The van der Waals surface area contributed by atoms with Gasteiger partial charge in [0, 0.05) is 6.20 Å². The van der Waals surface area contributed by atoms with E-state index < -0.39 is 18.5 Å². The van der Waals surface area contributed by atoms with Crippen LogP contribution in [0.3, 0.4) is 0 Å². The summed E-state index contributed by atoms with van der Waals surface area (Å²) in [4.78, 5) is 30.5. The van der Waals surface area contributed by atoms with Crippen LogP contribution >= 0.6 is 0 Å². The molecule has 1 heterocycles. The molecule has 0 bridgehead atoms. The lowest BCUT2D eigenvalue weighted by Crippen LogP contribution is -2.16. The molecule has 108 valence electrons. The number of carboxylic acid groups (broad SMARTS) is 1. The second kappa shape index (κ2) is 6.47. The molecule has 7 heteroatoms. The van der Waals surface area contributed by atoms with Crippen molar-refractivity contribution in [1.29, 1.82) is 0 Å². The summed E-state index contributed by atoms with van der Waals surface area (Å²) < 4.78 is 5.10. The Labute approximate surface area is 120 Å². The first-order valence-electron chi connectivity index (χ1n) is 6.10. The summed E-state index contributed by atoms with van der Waals surface area (Å²) in [6.45, 7) is 1.28. The van der Waals surface area contributed by atoms with Gasteiger partial charge < -0.3 is 15.2 Å². The number of rotatable bonds is 5. The van der Waals surface area contributed by atoms with Gasteiger partial charge in [0.1, 0.15) is 11.4 Å². The summed E-state index contributed by atoms with van der Waals surface area (Å²) in [5.74, 6) is -1.28. The van der Waals surface area contributed by atoms with E-state index in [4.69, 9.17) is 9.84 Å². The maximum Gasteiger partial charge on any atom is 0.341 e. The standard InChI is InChI=1S/C14H13N3O4/c1-9-6-16-11(7-15-9)14(20)17-10-4-2-3-5-12(10)21-8-13(18)19/h2-7H,8H2,1H3,(H,17,20)(H,18,19). The number of amides is 1. The number of carbonyl (C=O) groups excluding carboxylic acids is 1. The minimum absolute atomic E-state index is 0.161. The van der Waals surface area contributed by atoms with Crippen LogP contribution in [0.2, 0.25) is 0 Å². The lowest BCUT2D eigenvalue weighted by molar-refractivity contribution is -0.139. The predicted octanol–water partition coefficient (Wildman–Crippen LogP) is 1.50. The van der Waals surface area contributed by atoms with Crippen LogP contribution in [-0.2, 0) is 4.79 Å². The van der Waals surface area contributed by atoms with Crippen LogP contribution in [0.1, 0.15) is 16.2 Å². The number of benzene rings is 1. The van der Waals surface area contributed by atoms with E-state index in [1.807, 2.05) is 0 Å². The molecule has 2 rings (SSSR count). The highest BCUT2D eigenvalue weighted by atomic mass is 16.5. The van der Waals surface area contributed by atoms with E-state index in [1.165, 1.54) is 12.4 Å². The smallest absolute Gasteiger partial charge is 0.341 e. The molecule has 0 aliphatic rings. The average molecular weight is 287 g/mol. The fraction of sp³-hybridized carbons (Fsp3) is 0.143. The van der Waals surface area contributed by atoms with Gasteiger partial charge in [0.05, 0.1) is 17.6 Å². The van der Waals surface area contributed by atoms with E-state index >= 15 is 0 Å². The molecule has 21 heavy (non-hydrogen) atoms. The van der Waals surface area contributed by atoms with Gasteiger partial charge in [0.15, 0.2) is 6.61 Å². The molecule has 1 aromatic carbocycles. The Morgan fingerprint density at radius 3 is 2.67 bits per heavy atom. The number of carboxylic acids is 1. The zero-order valence-corrected chi connectivity index (χ0v) is 11.2. The van der Waals surface area contributed by atoms with Crippen molar-refractivity contribution in [2.75, 3.05) is 11.9 Å². The summed E-state index contributed by atoms with van der Waals surface area (Å²) in [5, 5.41) is 11.2. The van der Waals surface area contributed by atoms with Gasteiger partial charge >= 0.3 is 5.97 Å². The monoisotopic (exact) mass is 287 g/mol. The van der Waals surface area contributed by atoms with Crippen molar-refractivity contribution in [2.45, 2.75) is 6.92 Å². The number of nitrogens with zero attached hydrogens (tertiary/aromatic N) is 2. The largest absolute Gasteiger partial charge is 0.480 e. The minimum atomic E-state index is -1.10. The summed E-state index contributed by atoms with van der Waals surface area (Å²) in [6.07, 6.45) is 2.85. The molecule has 0 unspecified atom stereocenters. The number of nitrogens with one attached hydrogen (secondary N) is 1. The quantitative estimate of drug-likeness (QED) is 0.864. The van der Waals surface area contributed by atoms with Crippen molar-refractivity contribution in [3.8, 4) is 5.75 Å². The maximum atomic E-state index is 12.0. The highest BCUT2D eigenvalue weighted by Crippen LogP contribution is 2.24. The van der Waals surface area contributed by atoms with E-state index in [2.05, 4.69) is 15.3 Å². The van der Waals surface area contributed by atoms with Crippen molar-refractivity contribution in [3.63, 3.8) is 0 Å².